The van der Waals surface area contributed by atoms with Crippen molar-refractivity contribution in [2.45, 2.75) is 6.42 Å². The van der Waals surface area contributed by atoms with Crippen LogP contribution in [0.15, 0.2) is 121 Å². The van der Waals surface area contributed by atoms with Gasteiger partial charge in [-0.15, -0.1) is 0 Å². The van der Waals surface area contributed by atoms with E-state index < -0.39 is 0 Å². The van der Waals surface area contributed by atoms with Gasteiger partial charge in [-0.3, -0.25) is 0 Å². The van der Waals surface area contributed by atoms with Gasteiger partial charge in [0.25, 0.3) is 0 Å². The van der Waals surface area contributed by atoms with E-state index in [0.717, 1.165) is 6.42 Å². The number of rotatable bonds is 2. The number of allylic oxidation sites excluding steroid dienone is 6. The van der Waals surface area contributed by atoms with Crippen molar-refractivity contribution in [2.75, 3.05) is 0 Å². The highest BCUT2D eigenvalue weighted by molar-refractivity contribution is 6.26. The van der Waals surface area contributed by atoms with Crippen molar-refractivity contribution in [1.82, 2.24) is 0 Å². The minimum absolute atomic E-state index is 0.979. The van der Waals surface area contributed by atoms with Gasteiger partial charge in [0.1, 0.15) is 0 Å². The molecule has 0 atom stereocenters. The molecule has 6 aromatic rings. The first-order valence-electron chi connectivity index (χ1n) is 11.6. The summed E-state index contributed by atoms with van der Waals surface area (Å²) in [6.45, 7) is 0. The highest BCUT2D eigenvalue weighted by atomic mass is 14.2. The highest BCUT2D eigenvalue weighted by Crippen LogP contribution is 2.42. The molecule has 0 heteroatoms. The van der Waals surface area contributed by atoms with Gasteiger partial charge in [0.2, 0.25) is 0 Å². The van der Waals surface area contributed by atoms with Crippen LogP contribution in [0.25, 0.3) is 59.8 Å². The maximum atomic E-state index is 2.31. The molecule has 0 N–H and O–H groups in total. The summed E-state index contributed by atoms with van der Waals surface area (Å²) in [6.07, 6.45) is 12.1. The first-order valence-corrected chi connectivity index (χ1v) is 11.6. The third-order valence-electron chi connectivity index (χ3n) is 7.02. The molecule has 0 unspecified atom stereocenters. The summed E-state index contributed by atoms with van der Waals surface area (Å²) in [5.41, 5.74) is 5.15. The Morgan fingerprint density at radius 1 is 0.455 bits per heavy atom. The van der Waals surface area contributed by atoms with E-state index in [4.69, 9.17) is 0 Å². The number of hydrogen-bond donors (Lipinski definition) is 0. The van der Waals surface area contributed by atoms with Crippen LogP contribution in [-0.2, 0) is 0 Å². The summed E-state index contributed by atoms with van der Waals surface area (Å²) < 4.78 is 0. The molecule has 0 saturated carbocycles. The van der Waals surface area contributed by atoms with E-state index in [2.05, 4.69) is 121 Å². The van der Waals surface area contributed by atoms with Crippen molar-refractivity contribution in [3.05, 3.63) is 127 Å². The van der Waals surface area contributed by atoms with Gasteiger partial charge in [-0.25, -0.2) is 0 Å². The zero-order valence-electron chi connectivity index (χ0n) is 18.3. The molecule has 0 saturated heterocycles. The Kier molecular flexibility index (Phi) is 4.01. The quantitative estimate of drug-likeness (QED) is 0.246. The largest absolute Gasteiger partial charge is 0.0807 e. The molecule has 0 aromatic heterocycles. The Labute approximate surface area is 193 Å². The third-order valence-corrected chi connectivity index (χ3v) is 7.02. The lowest BCUT2D eigenvalue weighted by atomic mass is 9.86. The second-order valence-electron chi connectivity index (χ2n) is 8.87. The third kappa shape index (κ3) is 2.78. The molecule has 0 fully saturated rings. The van der Waals surface area contributed by atoms with Gasteiger partial charge in [-0.2, -0.15) is 0 Å². The van der Waals surface area contributed by atoms with E-state index in [1.54, 1.807) is 0 Å². The highest BCUT2D eigenvalue weighted by Gasteiger charge is 2.15. The molecule has 1 aliphatic rings. The summed E-state index contributed by atoms with van der Waals surface area (Å²) in [4.78, 5) is 0. The van der Waals surface area contributed by atoms with Gasteiger partial charge in [-0.05, 0) is 71.8 Å². The predicted octanol–water partition coefficient (Wildman–Crippen LogP) is 9.30. The second kappa shape index (κ2) is 7.18. The summed E-state index contributed by atoms with van der Waals surface area (Å²) in [5, 5.41) is 10.6. The topological polar surface area (TPSA) is 0 Å². The van der Waals surface area contributed by atoms with E-state index in [1.807, 2.05) is 0 Å². The lowest BCUT2D eigenvalue weighted by molar-refractivity contribution is 1.41. The summed E-state index contributed by atoms with van der Waals surface area (Å²) in [6, 6.07) is 33.7. The first-order chi connectivity index (χ1) is 16.4. The SMILES string of the molecule is C1=CCC=CC(c2cccc3cccc(-c4ccc5ccc6cccc7ccc4c5c67)c23)=C1. The lowest BCUT2D eigenvalue weighted by Gasteiger charge is -2.17. The Morgan fingerprint density at radius 2 is 1.09 bits per heavy atom. The van der Waals surface area contributed by atoms with Crippen molar-refractivity contribution in [3.8, 4) is 11.1 Å². The van der Waals surface area contributed by atoms with Crippen LogP contribution in [0.2, 0.25) is 0 Å². The van der Waals surface area contributed by atoms with Crippen LogP contribution >= 0.6 is 0 Å². The van der Waals surface area contributed by atoms with E-state index in [9.17, 15) is 0 Å². The van der Waals surface area contributed by atoms with Crippen LogP contribution in [0.1, 0.15) is 12.0 Å². The van der Waals surface area contributed by atoms with E-state index in [-0.39, 0.29) is 0 Å². The standard InChI is InChI=1S/C33H22/c1-2-4-9-22(8-3-1)27-14-6-12-23-13-7-15-29(32(23)27)28-20-18-26-17-16-24-10-5-11-25-19-21-30(28)33(26)31(24)25/h1,3-21H,2H2. The van der Waals surface area contributed by atoms with Gasteiger partial charge in [0.05, 0.1) is 0 Å². The molecule has 0 heterocycles. The summed E-state index contributed by atoms with van der Waals surface area (Å²) in [5.74, 6) is 0. The van der Waals surface area contributed by atoms with Gasteiger partial charge in [0, 0.05) is 0 Å². The molecule has 7 rings (SSSR count). The van der Waals surface area contributed by atoms with Gasteiger partial charge < -0.3 is 0 Å². The Bertz CT molecular complexity index is 1750. The molecule has 0 radical (unpaired) electrons. The number of hydrogen-bond acceptors (Lipinski definition) is 0. The zero-order valence-corrected chi connectivity index (χ0v) is 18.3. The van der Waals surface area contributed by atoms with Crippen LogP contribution in [-0.4, -0.2) is 0 Å². The lowest BCUT2D eigenvalue weighted by Crippen LogP contribution is -1.91. The molecule has 1 aliphatic carbocycles. The van der Waals surface area contributed by atoms with Gasteiger partial charge in [0.15, 0.2) is 0 Å². The average Bonchev–Trinajstić information content (AvgIpc) is 3.16. The maximum absolute atomic E-state index is 2.31. The summed E-state index contributed by atoms with van der Waals surface area (Å²) >= 11 is 0. The van der Waals surface area contributed by atoms with Crippen molar-refractivity contribution >= 4 is 48.7 Å². The molecule has 0 amide bonds. The summed E-state index contributed by atoms with van der Waals surface area (Å²) in [7, 11) is 0. The molecular formula is C33H22. The fraction of sp³-hybridized carbons (Fsp3) is 0.0303. The van der Waals surface area contributed by atoms with Crippen molar-refractivity contribution in [2.24, 2.45) is 0 Å². The first kappa shape index (κ1) is 18.4. The second-order valence-corrected chi connectivity index (χ2v) is 8.87. The van der Waals surface area contributed by atoms with Crippen LogP contribution in [0.5, 0.6) is 0 Å². The van der Waals surface area contributed by atoms with Gasteiger partial charge in [-0.1, -0.05) is 121 Å². The van der Waals surface area contributed by atoms with E-state index >= 15 is 0 Å². The smallest absolute Gasteiger partial charge is 0.00206 e. The van der Waals surface area contributed by atoms with Crippen LogP contribution < -0.4 is 0 Å². The Balaban J connectivity index is 1.60. The average molecular weight is 419 g/mol. The molecule has 6 aromatic carbocycles. The number of benzene rings is 6. The van der Waals surface area contributed by atoms with E-state index in [0.29, 0.717) is 0 Å². The molecule has 0 aliphatic heterocycles. The minimum Gasteiger partial charge on any atom is -0.0807 e. The number of fused-ring (bicyclic) bond motifs is 1. The normalized spacial score (nSPS) is 13.9. The Hall–Kier alpha value is -4.16. The fourth-order valence-corrected chi connectivity index (χ4v) is 5.54. The molecule has 154 valence electrons. The molecule has 0 bridgehead atoms. The molecule has 33 heavy (non-hydrogen) atoms. The van der Waals surface area contributed by atoms with Crippen LogP contribution in [0.3, 0.4) is 0 Å². The zero-order chi connectivity index (χ0) is 21.8. The maximum Gasteiger partial charge on any atom is -0.00206 e. The monoisotopic (exact) mass is 418 g/mol. The van der Waals surface area contributed by atoms with Crippen molar-refractivity contribution in [1.29, 1.82) is 0 Å². The molecule has 0 spiro atoms. The predicted molar refractivity (Wildman–Crippen MR) is 144 cm³/mol. The van der Waals surface area contributed by atoms with Crippen molar-refractivity contribution in [3.63, 3.8) is 0 Å². The van der Waals surface area contributed by atoms with Crippen LogP contribution in [0, 0.1) is 0 Å². The van der Waals surface area contributed by atoms with E-state index in [1.165, 1.54) is 65.4 Å². The van der Waals surface area contributed by atoms with Crippen LogP contribution in [0.4, 0.5) is 0 Å². The molecular weight excluding hydrogens is 396 g/mol. The fourth-order valence-electron chi connectivity index (χ4n) is 5.54. The van der Waals surface area contributed by atoms with Crippen molar-refractivity contribution < 1.29 is 0 Å². The molecule has 0 nitrogen and oxygen atoms in total. The Morgan fingerprint density at radius 3 is 1.91 bits per heavy atom. The van der Waals surface area contributed by atoms with Gasteiger partial charge >= 0.3 is 0 Å². The minimum atomic E-state index is 0.979.